The summed E-state index contributed by atoms with van der Waals surface area (Å²) in [6.07, 6.45) is 0.559. The molecule has 2 aliphatic heterocycles. The molecule has 0 saturated heterocycles. The number of halogens is 1. The van der Waals surface area contributed by atoms with Crippen molar-refractivity contribution in [2.24, 2.45) is 0 Å². The van der Waals surface area contributed by atoms with E-state index < -0.39 is 5.97 Å². The van der Waals surface area contributed by atoms with Crippen molar-refractivity contribution in [2.45, 2.75) is 19.4 Å². The molecule has 1 N–H and O–H groups in total. The number of hydrogen-bond donors (Lipinski definition) is 1. The van der Waals surface area contributed by atoms with Crippen LogP contribution in [0.3, 0.4) is 0 Å². The number of carbonyl (C=O) groups is 1. The summed E-state index contributed by atoms with van der Waals surface area (Å²) in [7, 11) is 0. The lowest BCUT2D eigenvalue weighted by molar-refractivity contribution is -0.133. The Morgan fingerprint density at radius 1 is 1.15 bits per heavy atom. The van der Waals surface area contributed by atoms with Crippen LogP contribution in [-0.2, 0) is 11.2 Å². The van der Waals surface area contributed by atoms with Crippen molar-refractivity contribution in [3.05, 3.63) is 53.1 Å². The van der Waals surface area contributed by atoms with E-state index in [-0.39, 0.29) is 30.1 Å². The van der Waals surface area contributed by atoms with E-state index in [0.717, 1.165) is 17.1 Å². The second-order valence-electron chi connectivity index (χ2n) is 6.36. The highest BCUT2D eigenvalue weighted by Gasteiger charge is 2.24. The van der Waals surface area contributed by atoms with Crippen LogP contribution in [0.25, 0.3) is 5.03 Å². The summed E-state index contributed by atoms with van der Waals surface area (Å²) < 4.78 is 22.2. The average Bonchev–Trinajstić information content (AvgIpc) is 3.10. The van der Waals surface area contributed by atoms with E-state index in [4.69, 9.17) is 30.5 Å². The van der Waals surface area contributed by atoms with Crippen LogP contribution < -0.4 is 18.9 Å². The van der Waals surface area contributed by atoms with Gasteiger partial charge in [0.15, 0.2) is 11.5 Å². The molecule has 0 radical (unpaired) electrons. The summed E-state index contributed by atoms with van der Waals surface area (Å²) in [5.74, 6) is 1.53. The number of fused-ring (bicyclic) bond motifs is 2. The van der Waals surface area contributed by atoms with Crippen LogP contribution in [0.2, 0.25) is 0 Å². The minimum absolute atomic E-state index is 0.0368. The fourth-order valence-electron chi connectivity index (χ4n) is 3.09. The van der Waals surface area contributed by atoms with Gasteiger partial charge in [-0.2, -0.15) is 0 Å². The Morgan fingerprint density at radius 2 is 1.93 bits per heavy atom. The number of aliphatic carboxylic acids is 1. The van der Waals surface area contributed by atoms with Gasteiger partial charge in [-0.1, -0.05) is 17.7 Å². The van der Waals surface area contributed by atoms with E-state index in [1.807, 2.05) is 25.1 Å². The van der Waals surface area contributed by atoms with Gasteiger partial charge in [0.2, 0.25) is 6.79 Å². The highest BCUT2D eigenvalue weighted by Crippen LogP contribution is 2.38. The monoisotopic (exact) mass is 388 g/mol. The Balaban J connectivity index is 1.49. The maximum atomic E-state index is 11.2. The first kappa shape index (κ1) is 17.5. The quantitative estimate of drug-likeness (QED) is 0.838. The third kappa shape index (κ3) is 3.53. The van der Waals surface area contributed by atoms with E-state index in [0.29, 0.717) is 23.5 Å². The van der Waals surface area contributed by atoms with Crippen LogP contribution >= 0.6 is 11.6 Å². The van der Waals surface area contributed by atoms with Gasteiger partial charge >= 0.3 is 5.97 Å². The Labute approximate surface area is 160 Å². The fourth-order valence-corrected chi connectivity index (χ4v) is 3.37. The summed E-state index contributed by atoms with van der Waals surface area (Å²) in [4.78, 5) is 11.2. The molecule has 2 aromatic rings. The number of hydrogen-bond acceptors (Lipinski definition) is 5. The zero-order chi connectivity index (χ0) is 19.0. The first-order valence-electron chi connectivity index (χ1n) is 8.45. The van der Waals surface area contributed by atoms with Crippen LogP contribution in [0.4, 0.5) is 0 Å². The van der Waals surface area contributed by atoms with Crippen LogP contribution in [0.15, 0.2) is 42.0 Å². The van der Waals surface area contributed by atoms with Crippen molar-refractivity contribution >= 4 is 22.6 Å². The molecule has 0 amide bonds. The lowest BCUT2D eigenvalue weighted by Gasteiger charge is -2.21. The molecule has 2 aliphatic rings. The van der Waals surface area contributed by atoms with Crippen molar-refractivity contribution in [2.75, 3.05) is 13.4 Å². The zero-order valence-electron chi connectivity index (χ0n) is 14.5. The number of ether oxygens (including phenoxy) is 4. The first-order valence-corrected chi connectivity index (χ1v) is 8.83. The van der Waals surface area contributed by atoms with E-state index in [9.17, 15) is 9.90 Å². The summed E-state index contributed by atoms with van der Waals surface area (Å²) in [6, 6.07) is 11.0. The third-order valence-corrected chi connectivity index (χ3v) is 4.81. The molecule has 0 spiro atoms. The highest BCUT2D eigenvalue weighted by molar-refractivity contribution is 6.51. The molecule has 0 bridgehead atoms. The maximum Gasteiger partial charge on any atom is 0.336 e. The second kappa shape index (κ2) is 7.04. The lowest BCUT2D eigenvalue weighted by Crippen LogP contribution is -2.17. The first-order chi connectivity index (χ1) is 13.0. The van der Waals surface area contributed by atoms with Gasteiger partial charge < -0.3 is 24.1 Å². The standard InChI is InChI=1S/C20H17ClO6/c1-11(6-12-2-4-17-18(7-12)26-10-25-17)27-13-3-5-16-14(8-13)19(21)15(9-24-16)20(22)23/h2-5,7-8,11H,6,9-10H2,1H3,(H,22,23). The maximum absolute atomic E-state index is 11.2. The molecular weight excluding hydrogens is 372 g/mol. The van der Waals surface area contributed by atoms with E-state index in [2.05, 4.69) is 0 Å². The van der Waals surface area contributed by atoms with E-state index in [1.165, 1.54) is 0 Å². The van der Waals surface area contributed by atoms with Gasteiger partial charge in [-0.05, 0) is 42.8 Å². The van der Waals surface area contributed by atoms with Crippen LogP contribution in [0, 0.1) is 0 Å². The summed E-state index contributed by atoms with van der Waals surface area (Å²) >= 11 is 6.24. The highest BCUT2D eigenvalue weighted by atomic mass is 35.5. The molecule has 6 nitrogen and oxygen atoms in total. The number of rotatable bonds is 5. The number of carboxylic acids is 1. The van der Waals surface area contributed by atoms with E-state index >= 15 is 0 Å². The molecule has 4 rings (SSSR count). The molecule has 1 atom stereocenters. The molecular formula is C20H17ClO6. The smallest absolute Gasteiger partial charge is 0.336 e. The Morgan fingerprint density at radius 3 is 2.74 bits per heavy atom. The Hall–Kier alpha value is -2.86. The number of carboxylic acid groups (broad SMARTS) is 1. The van der Waals surface area contributed by atoms with Gasteiger partial charge in [0, 0.05) is 12.0 Å². The van der Waals surface area contributed by atoms with Crippen LogP contribution in [0.1, 0.15) is 18.1 Å². The van der Waals surface area contributed by atoms with Crippen molar-refractivity contribution in [3.63, 3.8) is 0 Å². The fraction of sp³-hybridized carbons (Fsp3) is 0.250. The normalized spacial score (nSPS) is 15.8. The SMILES string of the molecule is CC(Cc1ccc2c(c1)OCO2)Oc1ccc2c(c1)C(Cl)=C(C(=O)O)CO2. The Kier molecular flexibility index (Phi) is 4.58. The van der Waals surface area contributed by atoms with Gasteiger partial charge in [-0.25, -0.2) is 4.79 Å². The van der Waals surface area contributed by atoms with Gasteiger partial charge in [-0.3, -0.25) is 0 Å². The van der Waals surface area contributed by atoms with Crippen LogP contribution in [0.5, 0.6) is 23.0 Å². The minimum Gasteiger partial charge on any atom is -0.490 e. The second-order valence-corrected chi connectivity index (χ2v) is 6.74. The van der Waals surface area contributed by atoms with Crippen molar-refractivity contribution in [1.82, 2.24) is 0 Å². The molecule has 0 aromatic heterocycles. The van der Waals surface area contributed by atoms with Crippen LogP contribution in [-0.4, -0.2) is 30.6 Å². The van der Waals surface area contributed by atoms with Crippen molar-refractivity contribution in [3.8, 4) is 23.0 Å². The lowest BCUT2D eigenvalue weighted by atomic mass is 10.1. The van der Waals surface area contributed by atoms with Crippen molar-refractivity contribution in [1.29, 1.82) is 0 Å². The van der Waals surface area contributed by atoms with Gasteiger partial charge in [0.25, 0.3) is 0 Å². The van der Waals surface area contributed by atoms with Crippen molar-refractivity contribution < 1.29 is 28.8 Å². The third-order valence-electron chi connectivity index (χ3n) is 4.38. The zero-order valence-corrected chi connectivity index (χ0v) is 15.3. The molecule has 140 valence electrons. The summed E-state index contributed by atoms with van der Waals surface area (Å²) in [5, 5.41) is 9.39. The summed E-state index contributed by atoms with van der Waals surface area (Å²) in [6.45, 7) is 2.15. The van der Waals surface area contributed by atoms with Gasteiger partial charge in [-0.15, -0.1) is 0 Å². The minimum atomic E-state index is -1.09. The predicted molar refractivity (Wildman–Crippen MR) is 98.7 cm³/mol. The molecule has 7 heteroatoms. The topological polar surface area (TPSA) is 74.2 Å². The molecule has 0 fully saturated rings. The molecule has 0 aliphatic carbocycles. The van der Waals surface area contributed by atoms with Gasteiger partial charge in [0.05, 0.1) is 16.7 Å². The summed E-state index contributed by atoms with van der Waals surface area (Å²) in [5.41, 5.74) is 1.63. The molecule has 27 heavy (non-hydrogen) atoms. The molecule has 0 saturated carbocycles. The predicted octanol–water partition coefficient (Wildman–Crippen LogP) is 3.85. The largest absolute Gasteiger partial charge is 0.490 e. The number of benzene rings is 2. The van der Waals surface area contributed by atoms with E-state index in [1.54, 1.807) is 18.2 Å². The van der Waals surface area contributed by atoms with Gasteiger partial charge in [0.1, 0.15) is 18.1 Å². The molecule has 2 heterocycles. The molecule has 2 aromatic carbocycles. The molecule has 1 unspecified atom stereocenters. The average molecular weight is 389 g/mol. The Bertz CT molecular complexity index is 936.